The number of phosphoric acid groups is 1. The first-order valence-electron chi connectivity index (χ1n) is 23.1. The highest BCUT2D eigenvalue weighted by molar-refractivity contribution is 7.46. The molecule has 0 aromatic heterocycles. The first-order valence-corrected chi connectivity index (χ1v) is 24.6. The molecule has 1 unspecified atom stereocenters. The van der Waals surface area contributed by atoms with Crippen molar-refractivity contribution in [1.29, 1.82) is 0 Å². The fraction of sp³-hybridized carbons (Fsp3) is 0.522. The molecule has 0 aliphatic carbocycles. The van der Waals surface area contributed by atoms with Crippen molar-refractivity contribution in [3.8, 4) is 5.75 Å². The van der Waals surface area contributed by atoms with Gasteiger partial charge in [-0.15, -0.1) is 0 Å². The zero-order chi connectivity index (χ0) is 55.3. The zero-order valence-corrected chi connectivity index (χ0v) is 42.1. The zero-order valence-electron chi connectivity index (χ0n) is 41.2. The van der Waals surface area contributed by atoms with Crippen LogP contribution in [0.2, 0.25) is 0 Å². The molecule has 0 spiro atoms. The molecule has 0 heterocycles. The Labute approximate surface area is 421 Å². The topological polar surface area (TPSA) is 434 Å². The van der Waals surface area contributed by atoms with Crippen LogP contribution in [0.1, 0.15) is 90.9 Å². The minimum absolute atomic E-state index is 0.0290. The highest BCUT2D eigenvalue weighted by Gasteiger charge is 2.38. The maximum absolute atomic E-state index is 14.5. The summed E-state index contributed by atoms with van der Waals surface area (Å²) in [5.41, 5.74) is 11.9. The third kappa shape index (κ3) is 23.0. The summed E-state index contributed by atoms with van der Waals surface area (Å²) < 4.78 is 16.1. The third-order valence-electron chi connectivity index (χ3n) is 10.6. The maximum Gasteiger partial charge on any atom is 0.524 e. The number of carbonyl (C=O) groups is 10. The number of hydrogen-bond acceptors (Lipinski definition) is 14. The fourth-order valence-corrected chi connectivity index (χ4v) is 7.43. The molecule has 27 heteroatoms. The Bertz CT molecular complexity index is 2300. The lowest BCUT2D eigenvalue weighted by molar-refractivity contribution is -0.143. The van der Waals surface area contributed by atoms with E-state index in [2.05, 4.69) is 41.7 Å². The van der Waals surface area contributed by atoms with Crippen molar-refractivity contribution in [2.45, 2.75) is 128 Å². The molecule has 0 saturated heterocycles. The Hall–Kier alpha value is -6.99. The number of rotatable bonds is 31. The Morgan fingerprint density at radius 2 is 1.16 bits per heavy atom. The average Bonchev–Trinajstić information content (AvgIpc) is 3.28. The third-order valence-corrected chi connectivity index (χ3v) is 11.1. The maximum atomic E-state index is 14.5. The van der Waals surface area contributed by atoms with E-state index in [0.717, 1.165) is 12.1 Å². The molecule has 0 bridgehead atoms. The number of aliphatic hydroxyl groups is 1. The van der Waals surface area contributed by atoms with Crippen LogP contribution in [-0.4, -0.2) is 133 Å². The minimum atomic E-state index is -5.00. The van der Waals surface area contributed by atoms with Crippen LogP contribution in [0.25, 0.3) is 0 Å². The van der Waals surface area contributed by atoms with Crippen molar-refractivity contribution in [3.05, 3.63) is 65.7 Å². The van der Waals surface area contributed by atoms with Gasteiger partial charge in [-0.25, -0.2) is 9.36 Å². The molecule has 8 amide bonds. The van der Waals surface area contributed by atoms with Gasteiger partial charge >= 0.3 is 19.8 Å². The number of carbonyl (C=O) groups excluding carboxylic acids is 8. The molecular formula is C46H68N9O17P. The second kappa shape index (κ2) is 29.5. The molecule has 2 rings (SSSR count). The molecule has 0 fully saturated rings. The van der Waals surface area contributed by atoms with Gasteiger partial charge in [0, 0.05) is 12.8 Å². The number of nitrogens with one attached hydrogen (secondary N) is 7. The molecule has 8 atom stereocenters. The summed E-state index contributed by atoms with van der Waals surface area (Å²) in [5.74, 6) is -12.2. The molecule has 73 heavy (non-hydrogen) atoms. The number of benzene rings is 2. The van der Waals surface area contributed by atoms with Crippen LogP contribution in [0.15, 0.2) is 54.6 Å². The second-order valence-corrected chi connectivity index (χ2v) is 19.5. The van der Waals surface area contributed by atoms with Crippen LogP contribution in [0.4, 0.5) is 0 Å². The van der Waals surface area contributed by atoms with Crippen molar-refractivity contribution in [1.82, 2.24) is 37.2 Å². The quantitative estimate of drug-likeness (QED) is 0.0377. The number of carboxylic acid groups (broad SMARTS) is 2. The van der Waals surface area contributed by atoms with Gasteiger partial charge in [-0.3, -0.25) is 52.9 Å². The molecule has 2 aromatic carbocycles. The Balaban J connectivity index is 2.56. The monoisotopic (exact) mass is 1050 g/mol. The summed E-state index contributed by atoms with van der Waals surface area (Å²) in [4.78, 5) is 149. The highest BCUT2D eigenvalue weighted by atomic mass is 31.2. The van der Waals surface area contributed by atoms with Crippen LogP contribution >= 0.6 is 7.82 Å². The number of aliphatic carboxylic acids is 2. The normalized spacial score (nSPS) is 14.7. The Kier molecular flexibility index (Phi) is 25.1. The Morgan fingerprint density at radius 1 is 0.630 bits per heavy atom. The molecule has 2 aromatic rings. The van der Waals surface area contributed by atoms with Crippen LogP contribution in [0.3, 0.4) is 0 Å². The van der Waals surface area contributed by atoms with E-state index in [0.29, 0.717) is 0 Å². The number of phosphoric ester groups is 1. The lowest BCUT2D eigenvalue weighted by Gasteiger charge is -2.30. The van der Waals surface area contributed by atoms with Crippen molar-refractivity contribution in [3.63, 3.8) is 0 Å². The number of carboxylic acids is 2. The summed E-state index contributed by atoms with van der Waals surface area (Å²) in [6.45, 7) is 9.45. The summed E-state index contributed by atoms with van der Waals surface area (Å²) in [5, 5.41) is 46.6. The average molecular weight is 1050 g/mol. The number of aliphatic hydroxyl groups excluding tert-OH is 1. The van der Waals surface area contributed by atoms with Crippen LogP contribution in [-0.2, 0) is 58.9 Å². The van der Waals surface area contributed by atoms with Gasteiger partial charge in [-0.1, -0.05) is 84.0 Å². The summed E-state index contributed by atoms with van der Waals surface area (Å²) in [6.07, 6.45) is -4.01. The predicted molar refractivity (Wildman–Crippen MR) is 259 cm³/mol. The SMILES string of the molecule is CC(C)C[C@H](NC(=O)[C@H](CC(N)=O)NC(=O)[C@H](Cc1ccc(OP(=O)(O)O)cc1)NC(=O)[C@H](NC(=O)[C@@H](NC(=O)[C@@H](N)CC(C)C)C(C)C)C(O)c1ccccc1)C(=O)NCC(=O)N[C@@H](CCC(=O)O)C(=O)O. The molecule has 0 radical (unpaired) electrons. The molecule has 0 aliphatic heterocycles. The number of primary amides is 1. The van der Waals surface area contributed by atoms with Gasteiger partial charge in [-0.2, -0.15) is 0 Å². The van der Waals surface area contributed by atoms with E-state index in [1.807, 2.05) is 13.8 Å². The largest absolute Gasteiger partial charge is 0.524 e. The van der Waals surface area contributed by atoms with E-state index >= 15 is 0 Å². The molecule has 404 valence electrons. The molecule has 0 aliphatic rings. The van der Waals surface area contributed by atoms with Crippen molar-refractivity contribution in [2.75, 3.05) is 6.54 Å². The standard InChI is InChI=1S/C46H68N9O17P/c1-23(2)18-29(47)40(61)54-37(25(5)6)44(65)55-38(39(60)27-10-8-7-9-11-27)45(66)53-32(20-26-12-14-28(15-13-26)72-73(69,70)71)42(63)52-33(21-34(48)56)43(64)51-31(19-24(3)4)41(62)49-22-35(57)50-30(46(67)68)16-17-36(58)59/h7-15,23-25,29-33,37-39,60H,16-22,47H2,1-6H3,(H2,48,56)(H,49,62)(H,50,57)(H,51,64)(H,52,63)(H,53,66)(H,54,61)(H,55,65)(H,58,59)(H,67,68)(H2,69,70,71)/t29-,30-,31-,32-,33-,37-,38+,39?/m0/s1. The second-order valence-electron chi connectivity index (χ2n) is 18.3. The van der Waals surface area contributed by atoms with E-state index in [1.165, 1.54) is 24.3 Å². The summed E-state index contributed by atoms with van der Waals surface area (Å²) in [6, 6.07) is 1.57. The molecule has 16 N–H and O–H groups in total. The summed E-state index contributed by atoms with van der Waals surface area (Å²) >= 11 is 0. The molecule has 0 saturated carbocycles. The van der Waals surface area contributed by atoms with E-state index < -0.39 is 154 Å². The summed E-state index contributed by atoms with van der Waals surface area (Å²) in [7, 11) is -5.00. The van der Waals surface area contributed by atoms with E-state index in [-0.39, 0.29) is 41.6 Å². The van der Waals surface area contributed by atoms with E-state index in [9.17, 15) is 72.5 Å². The molecular weight excluding hydrogens is 982 g/mol. The van der Waals surface area contributed by atoms with Crippen molar-refractivity contribution >= 4 is 67.0 Å². The van der Waals surface area contributed by atoms with Gasteiger partial charge < -0.3 is 68.5 Å². The number of hydrogen-bond donors (Lipinski definition) is 14. The lowest BCUT2D eigenvalue weighted by atomic mass is 9.97. The fourth-order valence-electron chi connectivity index (χ4n) is 7.03. The van der Waals surface area contributed by atoms with Gasteiger partial charge in [0.2, 0.25) is 47.3 Å². The van der Waals surface area contributed by atoms with Crippen molar-refractivity contribution < 1.29 is 82.1 Å². The van der Waals surface area contributed by atoms with Gasteiger partial charge in [0.1, 0.15) is 48.1 Å². The van der Waals surface area contributed by atoms with Crippen molar-refractivity contribution in [2.24, 2.45) is 29.2 Å². The molecule has 26 nitrogen and oxygen atoms in total. The first kappa shape index (κ1) is 62.1. The van der Waals surface area contributed by atoms with Crippen LogP contribution < -0.4 is 53.2 Å². The smallest absolute Gasteiger partial charge is 0.481 e. The predicted octanol–water partition coefficient (Wildman–Crippen LogP) is -1.64. The minimum Gasteiger partial charge on any atom is -0.481 e. The first-order chi connectivity index (χ1) is 34.0. The number of nitrogens with two attached hydrogens (primary N) is 2. The van der Waals surface area contributed by atoms with Crippen LogP contribution in [0.5, 0.6) is 5.75 Å². The lowest BCUT2D eigenvalue weighted by Crippen LogP contribution is -2.61. The van der Waals surface area contributed by atoms with Gasteiger partial charge in [0.15, 0.2) is 0 Å². The van der Waals surface area contributed by atoms with E-state index in [1.54, 1.807) is 45.9 Å². The van der Waals surface area contributed by atoms with Gasteiger partial charge in [0.25, 0.3) is 0 Å². The Morgan fingerprint density at radius 3 is 1.68 bits per heavy atom. The van der Waals surface area contributed by atoms with Crippen LogP contribution in [0, 0.1) is 17.8 Å². The van der Waals surface area contributed by atoms with E-state index in [4.69, 9.17) is 16.6 Å². The highest BCUT2D eigenvalue weighted by Crippen LogP contribution is 2.37. The number of amides is 8. The van der Waals surface area contributed by atoms with Gasteiger partial charge in [-0.05, 0) is 60.3 Å². The van der Waals surface area contributed by atoms with Gasteiger partial charge in [0.05, 0.1) is 19.0 Å².